The second-order valence-electron chi connectivity index (χ2n) is 3.94. The van der Waals surface area contributed by atoms with Gasteiger partial charge in [-0.2, -0.15) is 0 Å². The lowest BCUT2D eigenvalue weighted by molar-refractivity contribution is -0.139. The summed E-state index contributed by atoms with van der Waals surface area (Å²) in [5, 5.41) is 5.68. The van der Waals surface area contributed by atoms with Gasteiger partial charge >= 0.3 is 11.8 Å². The maximum atomic E-state index is 11.4. The maximum Gasteiger partial charge on any atom is 0.309 e. The number of hydrogen-bond acceptors (Lipinski definition) is 2. The lowest BCUT2D eigenvalue weighted by Crippen LogP contribution is -2.42. The molecule has 0 aromatic heterocycles. The molecule has 1 aromatic carbocycles. The van der Waals surface area contributed by atoms with Gasteiger partial charge in [-0.05, 0) is 31.5 Å². The zero-order chi connectivity index (χ0) is 12.8. The van der Waals surface area contributed by atoms with E-state index in [0.29, 0.717) is 11.6 Å². The van der Waals surface area contributed by atoms with E-state index in [0.717, 1.165) is 5.56 Å². The van der Waals surface area contributed by atoms with Crippen molar-refractivity contribution in [1.82, 2.24) is 10.6 Å². The lowest BCUT2D eigenvalue weighted by atomic mass is 10.2. The molecular formula is C12H15ClN2O2. The van der Waals surface area contributed by atoms with Crippen LogP contribution in [0.25, 0.3) is 0 Å². The van der Waals surface area contributed by atoms with Crippen molar-refractivity contribution in [2.24, 2.45) is 0 Å². The Hall–Kier alpha value is -1.55. The normalized spacial score (nSPS) is 10.1. The van der Waals surface area contributed by atoms with Crippen LogP contribution in [0.5, 0.6) is 0 Å². The number of rotatable bonds is 3. The van der Waals surface area contributed by atoms with Gasteiger partial charge in [0.15, 0.2) is 0 Å². The molecule has 1 aromatic rings. The molecule has 92 valence electrons. The summed E-state index contributed by atoms with van der Waals surface area (Å²) < 4.78 is 0. The third-order valence-electron chi connectivity index (χ3n) is 1.99. The second-order valence-corrected chi connectivity index (χ2v) is 4.37. The van der Waals surface area contributed by atoms with Gasteiger partial charge in [0.1, 0.15) is 0 Å². The predicted octanol–water partition coefficient (Wildman–Crippen LogP) is 1.48. The minimum absolute atomic E-state index is 0.0521. The molecule has 0 aliphatic rings. The van der Waals surface area contributed by atoms with Crippen LogP contribution in [-0.2, 0) is 16.1 Å². The van der Waals surface area contributed by atoms with E-state index < -0.39 is 11.8 Å². The Kier molecular flexibility index (Phi) is 4.97. The smallest absolute Gasteiger partial charge is 0.309 e. The van der Waals surface area contributed by atoms with E-state index in [1.165, 1.54) is 0 Å². The van der Waals surface area contributed by atoms with Crippen molar-refractivity contribution >= 4 is 23.4 Å². The summed E-state index contributed by atoms with van der Waals surface area (Å²) in [4.78, 5) is 22.7. The summed E-state index contributed by atoms with van der Waals surface area (Å²) in [5.74, 6) is -1.25. The minimum Gasteiger partial charge on any atom is -0.346 e. The topological polar surface area (TPSA) is 58.2 Å². The SMILES string of the molecule is CC(C)NC(=O)C(=O)NCc1ccc(Cl)cc1. The third kappa shape index (κ3) is 4.87. The molecular weight excluding hydrogens is 240 g/mol. The first kappa shape index (κ1) is 13.5. The first-order valence-corrected chi connectivity index (χ1v) is 5.70. The van der Waals surface area contributed by atoms with E-state index in [2.05, 4.69) is 10.6 Å². The molecule has 0 spiro atoms. The molecule has 2 amide bonds. The fraction of sp³-hybridized carbons (Fsp3) is 0.333. The molecule has 0 heterocycles. The molecule has 0 unspecified atom stereocenters. The van der Waals surface area contributed by atoms with E-state index in [9.17, 15) is 9.59 Å². The second kappa shape index (κ2) is 6.25. The van der Waals surface area contributed by atoms with Gasteiger partial charge in [-0.3, -0.25) is 9.59 Å². The minimum atomic E-state index is -0.631. The van der Waals surface area contributed by atoms with Crippen LogP contribution in [0.3, 0.4) is 0 Å². The van der Waals surface area contributed by atoms with Gasteiger partial charge in [-0.25, -0.2) is 0 Å². The molecule has 4 nitrogen and oxygen atoms in total. The molecule has 0 fully saturated rings. The average Bonchev–Trinajstić information content (AvgIpc) is 2.27. The maximum absolute atomic E-state index is 11.4. The lowest BCUT2D eigenvalue weighted by Gasteiger charge is -2.08. The molecule has 0 aliphatic carbocycles. The Bertz CT molecular complexity index is 401. The van der Waals surface area contributed by atoms with Crippen LogP contribution in [0.15, 0.2) is 24.3 Å². The molecule has 0 saturated carbocycles. The summed E-state index contributed by atoms with van der Waals surface area (Å²) in [6.07, 6.45) is 0. The van der Waals surface area contributed by atoms with Crippen LogP contribution >= 0.6 is 11.6 Å². The highest BCUT2D eigenvalue weighted by atomic mass is 35.5. The fourth-order valence-electron chi connectivity index (χ4n) is 1.19. The molecule has 1 rings (SSSR count). The summed E-state index contributed by atoms with van der Waals surface area (Å²) in [7, 11) is 0. The Morgan fingerprint density at radius 1 is 1.18 bits per heavy atom. The quantitative estimate of drug-likeness (QED) is 0.803. The Balaban J connectivity index is 2.43. The van der Waals surface area contributed by atoms with Crippen molar-refractivity contribution in [3.63, 3.8) is 0 Å². The summed E-state index contributed by atoms with van der Waals surface area (Å²) in [5.41, 5.74) is 0.889. The van der Waals surface area contributed by atoms with Crippen molar-refractivity contribution in [1.29, 1.82) is 0 Å². The van der Waals surface area contributed by atoms with Crippen molar-refractivity contribution in [2.45, 2.75) is 26.4 Å². The number of nitrogens with one attached hydrogen (secondary N) is 2. The van der Waals surface area contributed by atoms with E-state index >= 15 is 0 Å². The van der Waals surface area contributed by atoms with Crippen molar-refractivity contribution < 1.29 is 9.59 Å². The summed E-state index contributed by atoms with van der Waals surface area (Å²) >= 11 is 5.73. The molecule has 0 atom stereocenters. The number of amides is 2. The zero-order valence-electron chi connectivity index (χ0n) is 9.79. The van der Waals surface area contributed by atoms with Gasteiger partial charge < -0.3 is 10.6 Å². The predicted molar refractivity (Wildman–Crippen MR) is 66.6 cm³/mol. The van der Waals surface area contributed by atoms with Crippen LogP contribution < -0.4 is 10.6 Å². The van der Waals surface area contributed by atoms with Crippen LogP contribution in [-0.4, -0.2) is 17.9 Å². The molecule has 2 N–H and O–H groups in total. The average molecular weight is 255 g/mol. The van der Waals surface area contributed by atoms with E-state index in [1.54, 1.807) is 38.1 Å². The molecule has 0 bridgehead atoms. The van der Waals surface area contributed by atoms with E-state index in [1.807, 2.05) is 0 Å². The molecule has 0 saturated heterocycles. The van der Waals surface area contributed by atoms with Crippen LogP contribution in [0.4, 0.5) is 0 Å². The number of benzene rings is 1. The van der Waals surface area contributed by atoms with Crippen molar-refractivity contribution in [3.8, 4) is 0 Å². The van der Waals surface area contributed by atoms with Crippen molar-refractivity contribution in [3.05, 3.63) is 34.9 Å². The number of hydrogen-bond donors (Lipinski definition) is 2. The summed E-state index contributed by atoms with van der Waals surface area (Å²) in [6.45, 7) is 3.90. The van der Waals surface area contributed by atoms with Crippen molar-refractivity contribution in [2.75, 3.05) is 0 Å². The third-order valence-corrected chi connectivity index (χ3v) is 2.24. The number of carbonyl (C=O) groups excluding carboxylic acids is 2. The monoisotopic (exact) mass is 254 g/mol. The zero-order valence-corrected chi connectivity index (χ0v) is 10.5. The number of halogens is 1. The highest BCUT2D eigenvalue weighted by Crippen LogP contribution is 2.08. The van der Waals surface area contributed by atoms with Gasteiger partial charge in [-0.1, -0.05) is 23.7 Å². The molecule has 0 radical (unpaired) electrons. The highest BCUT2D eigenvalue weighted by Gasteiger charge is 2.13. The highest BCUT2D eigenvalue weighted by molar-refractivity contribution is 6.35. The fourth-order valence-corrected chi connectivity index (χ4v) is 1.32. The van der Waals surface area contributed by atoms with Crippen LogP contribution in [0.1, 0.15) is 19.4 Å². The Morgan fingerprint density at radius 3 is 2.29 bits per heavy atom. The van der Waals surface area contributed by atoms with E-state index in [4.69, 9.17) is 11.6 Å². The number of carbonyl (C=O) groups is 2. The molecule has 17 heavy (non-hydrogen) atoms. The Morgan fingerprint density at radius 2 is 1.76 bits per heavy atom. The van der Waals surface area contributed by atoms with Gasteiger partial charge in [0, 0.05) is 17.6 Å². The van der Waals surface area contributed by atoms with Gasteiger partial charge in [-0.15, -0.1) is 0 Å². The van der Waals surface area contributed by atoms with Crippen LogP contribution in [0.2, 0.25) is 5.02 Å². The van der Waals surface area contributed by atoms with Gasteiger partial charge in [0.05, 0.1) is 0 Å². The molecule has 5 heteroatoms. The van der Waals surface area contributed by atoms with Gasteiger partial charge in [0.25, 0.3) is 0 Å². The van der Waals surface area contributed by atoms with Gasteiger partial charge in [0.2, 0.25) is 0 Å². The largest absolute Gasteiger partial charge is 0.346 e. The van der Waals surface area contributed by atoms with Crippen LogP contribution in [0, 0.1) is 0 Å². The summed E-state index contributed by atoms with van der Waals surface area (Å²) in [6, 6.07) is 7.00. The first-order valence-electron chi connectivity index (χ1n) is 5.32. The molecule has 0 aliphatic heterocycles. The Labute approximate surface area is 105 Å². The standard InChI is InChI=1S/C12H15ClN2O2/c1-8(2)15-12(17)11(16)14-7-9-3-5-10(13)6-4-9/h3-6,8H,7H2,1-2H3,(H,14,16)(H,15,17). The van der Waals surface area contributed by atoms with E-state index in [-0.39, 0.29) is 6.04 Å². The first-order chi connectivity index (χ1) is 7.99.